The molecule has 0 aliphatic carbocycles. The van der Waals surface area contributed by atoms with Gasteiger partial charge >= 0.3 is 22.2 Å². The molecule has 0 fully saturated rings. The van der Waals surface area contributed by atoms with Crippen LogP contribution in [0.2, 0.25) is 0 Å². The Balaban J connectivity index is -0.0000000133. The third-order valence-corrected chi connectivity index (χ3v) is 0. The van der Waals surface area contributed by atoms with E-state index in [9.17, 15) is 0 Å². The largest absolute Gasteiger partial charge is 0 e. The molecular weight excluding hydrogens is 175 g/mol. The van der Waals surface area contributed by atoms with E-state index in [4.69, 9.17) is 9.31 Å². The Bertz CT molecular complexity index is 7.61. The Morgan fingerprint density at radius 3 is 1.40 bits per heavy atom. The van der Waals surface area contributed by atoms with E-state index in [2.05, 4.69) is 5.90 Å². The number of rotatable bonds is 0. The SMILES string of the molecule is NO.[NH]=[Zn].[Zn]. The first kappa shape index (κ1) is 16.7. The molecule has 5 heteroatoms. The topological polar surface area (TPSA) is 70.1 Å². The summed E-state index contributed by atoms with van der Waals surface area (Å²) in [6.45, 7) is 0. The van der Waals surface area contributed by atoms with Crippen LogP contribution in [0.5, 0.6) is 0 Å². The second kappa shape index (κ2) is 83.6. The number of hydrogen-bond donors (Lipinski definition) is 3. The minimum atomic E-state index is 0. The van der Waals surface area contributed by atoms with Crippen molar-refractivity contribution in [2.24, 2.45) is 5.90 Å². The van der Waals surface area contributed by atoms with Gasteiger partial charge in [0.15, 0.2) is 0 Å². The molecular formula is H4N2OZn2. The maximum absolute atomic E-state index is 6.50. The molecule has 5 heavy (non-hydrogen) atoms. The van der Waals surface area contributed by atoms with Crippen molar-refractivity contribution in [2.45, 2.75) is 0 Å². The van der Waals surface area contributed by atoms with E-state index in [0.717, 1.165) is 0 Å². The average molecular weight is 179 g/mol. The second-order valence-corrected chi connectivity index (χ2v) is 0. The molecule has 0 aromatic rings. The maximum Gasteiger partial charge on any atom is 0 e. The van der Waals surface area contributed by atoms with E-state index in [0.29, 0.717) is 18.1 Å². The van der Waals surface area contributed by atoms with E-state index in [-0.39, 0.29) is 19.5 Å². The fraction of sp³-hybridized carbons (Fsp3) is 0. The van der Waals surface area contributed by atoms with Crippen LogP contribution in [0.15, 0.2) is 0 Å². The summed E-state index contributed by atoms with van der Waals surface area (Å²) in [4.78, 5) is 0. The Morgan fingerprint density at radius 2 is 1.40 bits per heavy atom. The molecule has 0 unspecified atom stereocenters. The van der Waals surface area contributed by atoms with Crippen molar-refractivity contribution in [2.75, 3.05) is 0 Å². The molecule has 0 saturated carbocycles. The molecule has 0 atom stereocenters. The summed E-state index contributed by atoms with van der Waals surface area (Å²) in [5, 5.41) is 6.50. The third-order valence-electron chi connectivity index (χ3n) is 0. The predicted molar refractivity (Wildman–Crippen MR) is 8.69 cm³/mol. The molecule has 0 amide bonds. The zero-order valence-corrected chi connectivity index (χ0v) is 8.87. The van der Waals surface area contributed by atoms with Gasteiger partial charge in [-0.25, -0.2) is 5.90 Å². The molecule has 24 valence electrons. The Kier molecular flexibility index (Phi) is 280. The van der Waals surface area contributed by atoms with Gasteiger partial charge in [0.2, 0.25) is 0 Å². The molecule has 0 rings (SSSR count). The molecule has 0 saturated heterocycles. The summed E-state index contributed by atoms with van der Waals surface area (Å²) in [5.41, 5.74) is 0. The van der Waals surface area contributed by atoms with Crippen LogP contribution in [-0.4, -0.2) is 5.21 Å². The van der Waals surface area contributed by atoms with Gasteiger partial charge in [0, 0.05) is 19.5 Å². The van der Waals surface area contributed by atoms with Gasteiger partial charge < -0.3 is 5.21 Å². The van der Waals surface area contributed by atoms with Gasteiger partial charge in [0.1, 0.15) is 0 Å². The van der Waals surface area contributed by atoms with Gasteiger partial charge in [-0.3, -0.25) is 0 Å². The van der Waals surface area contributed by atoms with E-state index in [1.54, 1.807) is 0 Å². The summed E-state index contributed by atoms with van der Waals surface area (Å²) < 4.78 is 5.88. The third kappa shape index (κ3) is 46.8. The van der Waals surface area contributed by atoms with Gasteiger partial charge in [-0.2, -0.15) is 0 Å². The smallest absolute Gasteiger partial charge is 0 e. The first-order valence-corrected chi connectivity index (χ1v) is 2.10. The number of nitrogens with two attached hydrogens (primary N) is 1. The van der Waals surface area contributed by atoms with Crippen molar-refractivity contribution < 1.29 is 42.8 Å². The monoisotopic (exact) mass is 176 g/mol. The zero-order chi connectivity index (χ0) is 4.00. The van der Waals surface area contributed by atoms with Crippen molar-refractivity contribution in [1.82, 2.24) is 0 Å². The molecule has 0 heterocycles. The normalized spacial score (nSPS) is 2.40. The number of hydrogen-bond acceptors (Lipinski definition) is 3. The van der Waals surface area contributed by atoms with E-state index < -0.39 is 0 Å². The van der Waals surface area contributed by atoms with Gasteiger partial charge in [0.05, 0.1) is 0 Å². The summed E-state index contributed by atoms with van der Waals surface area (Å²) >= 11 is 0.625. The first-order chi connectivity index (χ1) is 2.00. The van der Waals surface area contributed by atoms with Crippen molar-refractivity contribution in [1.29, 1.82) is 4.10 Å². The molecule has 3 nitrogen and oxygen atoms in total. The van der Waals surface area contributed by atoms with Crippen LogP contribution in [-0.2, 0) is 37.6 Å². The summed E-state index contributed by atoms with van der Waals surface area (Å²) in [5.74, 6) is 3.50. The molecule has 0 radical (unpaired) electrons. The Hall–Kier alpha value is 0.967. The molecule has 0 aromatic carbocycles. The van der Waals surface area contributed by atoms with Crippen LogP contribution >= 0.6 is 0 Å². The van der Waals surface area contributed by atoms with E-state index in [1.807, 2.05) is 0 Å². The van der Waals surface area contributed by atoms with Crippen LogP contribution in [0.3, 0.4) is 0 Å². The van der Waals surface area contributed by atoms with Crippen LogP contribution in [0.1, 0.15) is 0 Å². The Labute approximate surface area is 53.0 Å². The fourth-order valence-electron chi connectivity index (χ4n) is 0. The molecule has 0 aromatic heterocycles. The molecule has 0 aliphatic rings. The van der Waals surface area contributed by atoms with Crippen LogP contribution < -0.4 is 5.90 Å². The van der Waals surface area contributed by atoms with Gasteiger partial charge in [-0.15, -0.1) is 0 Å². The summed E-state index contributed by atoms with van der Waals surface area (Å²) in [6.07, 6.45) is 0. The van der Waals surface area contributed by atoms with Crippen LogP contribution in [0.25, 0.3) is 0 Å². The molecule has 0 aliphatic heterocycles. The molecule has 4 N–H and O–H groups in total. The van der Waals surface area contributed by atoms with E-state index in [1.165, 1.54) is 0 Å². The van der Waals surface area contributed by atoms with Crippen molar-refractivity contribution >= 4 is 0 Å². The minimum Gasteiger partial charge on any atom is 0 e. The minimum absolute atomic E-state index is 0. The Morgan fingerprint density at radius 1 is 1.40 bits per heavy atom. The standard InChI is InChI=1S/H3NO.HN.2Zn/c1-2;;;/h2H,1H2;1H;;. The van der Waals surface area contributed by atoms with Crippen molar-refractivity contribution in [3.8, 4) is 0 Å². The summed E-state index contributed by atoms with van der Waals surface area (Å²) in [6, 6.07) is 0. The fourth-order valence-corrected chi connectivity index (χ4v) is 0. The zero-order valence-electron chi connectivity index (χ0n) is 2.94. The average Bonchev–Trinajstić information content (AvgIpc) is 1.50. The van der Waals surface area contributed by atoms with Crippen molar-refractivity contribution in [3.63, 3.8) is 0 Å². The van der Waals surface area contributed by atoms with E-state index >= 15 is 0 Å². The predicted octanol–water partition coefficient (Wildman–Crippen LogP) is -0.373. The quantitative estimate of drug-likeness (QED) is 0.350. The maximum atomic E-state index is 6.50. The van der Waals surface area contributed by atoms with Gasteiger partial charge in [-0.05, 0) is 0 Å². The summed E-state index contributed by atoms with van der Waals surface area (Å²) in [7, 11) is 0. The molecule has 0 spiro atoms. The van der Waals surface area contributed by atoms with Crippen LogP contribution in [0, 0.1) is 4.10 Å². The van der Waals surface area contributed by atoms with Gasteiger partial charge in [-0.1, -0.05) is 0 Å². The molecule has 0 bridgehead atoms. The number of nitrogens with one attached hydrogen (secondary N) is 1. The first-order valence-electron chi connectivity index (χ1n) is 0.612. The second-order valence-electron chi connectivity index (χ2n) is 0. The van der Waals surface area contributed by atoms with Gasteiger partial charge in [0.25, 0.3) is 0 Å². The van der Waals surface area contributed by atoms with Crippen molar-refractivity contribution in [3.05, 3.63) is 0 Å². The van der Waals surface area contributed by atoms with Crippen LogP contribution in [0.4, 0.5) is 0 Å².